The van der Waals surface area contributed by atoms with Crippen LogP contribution in [-0.2, 0) is 0 Å². The van der Waals surface area contributed by atoms with Crippen LogP contribution in [-0.4, -0.2) is 10.1 Å². The molecule has 0 bridgehead atoms. The third-order valence-electron chi connectivity index (χ3n) is 2.78. The molecule has 1 heterocycles. The monoisotopic (exact) mass is 252 g/mol. The molecule has 5 nitrogen and oxygen atoms in total. The van der Waals surface area contributed by atoms with Crippen molar-refractivity contribution in [3.05, 3.63) is 59.3 Å². The second-order valence-corrected chi connectivity index (χ2v) is 4.29. The molecule has 0 spiro atoms. The fourth-order valence-electron chi connectivity index (χ4n) is 1.86. The predicted molar refractivity (Wildman–Crippen MR) is 73.0 cm³/mol. The van der Waals surface area contributed by atoms with Crippen LogP contribution >= 0.6 is 0 Å². The molecule has 0 aliphatic heterocycles. The van der Waals surface area contributed by atoms with Crippen LogP contribution in [0, 0.1) is 12.1 Å². The van der Waals surface area contributed by atoms with E-state index in [1.165, 1.54) is 0 Å². The van der Waals surface area contributed by atoms with Gasteiger partial charge in [0, 0.05) is 11.8 Å². The quantitative estimate of drug-likeness (QED) is 0.561. The number of benzene rings is 2. The Balaban J connectivity index is 2.04. The van der Waals surface area contributed by atoms with Gasteiger partial charge in [-0.25, -0.2) is 4.98 Å². The molecular weight excluding hydrogens is 240 g/mol. The summed E-state index contributed by atoms with van der Waals surface area (Å²) >= 11 is 0. The second-order valence-electron chi connectivity index (χ2n) is 4.29. The van der Waals surface area contributed by atoms with Gasteiger partial charge in [-0.05, 0) is 35.5 Å². The Morgan fingerprint density at radius 1 is 1.11 bits per heavy atom. The lowest BCUT2D eigenvalue weighted by Gasteiger charge is -2.05. The third-order valence-corrected chi connectivity index (χ3v) is 2.78. The lowest BCUT2D eigenvalue weighted by atomic mass is 10.2. The Hall–Kier alpha value is -2.69. The van der Waals surface area contributed by atoms with Crippen LogP contribution in [0.1, 0.15) is 5.56 Å². The molecule has 0 aliphatic carbocycles. The number of anilines is 2. The van der Waals surface area contributed by atoms with Crippen LogP contribution < -0.4 is 10.2 Å². The van der Waals surface area contributed by atoms with E-state index in [9.17, 15) is 5.21 Å². The molecule has 19 heavy (non-hydrogen) atoms. The summed E-state index contributed by atoms with van der Waals surface area (Å²) in [7, 11) is 0. The first-order valence-electron chi connectivity index (χ1n) is 5.93. The van der Waals surface area contributed by atoms with Crippen molar-refractivity contribution in [2.24, 2.45) is 0 Å². The molecule has 94 valence electrons. The zero-order valence-electron chi connectivity index (χ0n) is 10.4. The van der Waals surface area contributed by atoms with Gasteiger partial charge in [0.2, 0.25) is 0 Å². The molecule has 5 heteroatoms. The van der Waals surface area contributed by atoms with Crippen LogP contribution in [0.2, 0.25) is 0 Å². The van der Waals surface area contributed by atoms with Gasteiger partial charge in [-0.1, -0.05) is 24.3 Å². The van der Waals surface area contributed by atoms with Crippen molar-refractivity contribution in [3.8, 4) is 0 Å². The molecule has 0 saturated carbocycles. The normalized spacial score (nSPS) is 10.6. The van der Waals surface area contributed by atoms with Crippen LogP contribution in [0.15, 0.2) is 48.5 Å². The first kappa shape index (κ1) is 11.4. The van der Waals surface area contributed by atoms with Crippen molar-refractivity contribution in [1.82, 2.24) is 10.1 Å². The van der Waals surface area contributed by atoms with Crippen molar-refractivity contribution in [3.63, 3.8) is 0 Å². The smallest absolute Gasteiger partial charge is 0.295 e. The molecule has 0 fully saturated rings. The number of rotatable bonds is 2. The fourth-order valence-corrected chi connectivity index (χ4v) is 1.86. The van der Waals surface area contributed by atoms with Gasteiger partial charge in [0.15, 0.2) is 0 Å². The summed E-state index contributed by atoms with van der Waals surface area (Å²) in [4.78, 5) is 4.93. The Kier molecular flexibility index (Phi) is 2.72. The highest BCUT2D eigenvalue weighted by Gasteiger charge is 2.10. The molecule has 0 saturated heterocycles. The van der Waals surface area contributed by atoms with E-state index in [1.54, 1.807) is 6.07 Å². The van der Waals surface area contributed by atoms with Crippen molar-refractivity contribution < 1.29 is 4.85 Å². The van der Waals surface area contributed by atoms with Gasteiger partial charge >= 0.3 is 0 Å². The minimum Gasteiger partial charge on any atom is -0.594 e. The number of hydrogen-bond donors (Lipinski definition) is 1. The van der Waals surface area contributed by atoms with Gasteiger partial charge in [0.1, 0.15) is 5.52 Å². The Morgan fingerprint density at radius 2 is 1.89 bits per heavy atom. The summed E-state index contributed by atoms with van der Waals surface area (Å²) in [6, 6.07) is 15.0. The number of hydrogen-bond acceptors (Lipinski definition) is 4. The minimum absolute atomic E-state index is 0.289. The van der Waals surface area contributed by atoms with E-state index in [2.05, 4.69) is 15.4 Å². The van der Waals surface area contributed by atoms with Crippen LogP contribution in [0.25, 0.3) is 11.0 Å². The molecular formula is C14H12N4O. The zero-order valence-corrected chi connectivity index (χ0v) is 10.4. The summed E-state index contributed by atoms with van der Waals surface area (Å²) in [5.74, 6) is 0.289. The van der Waals surface area contributed by atoms with E-state index in [-0.39, 0.29) is 5.95 Å². The molecule has 2 aromatic carbocycles. The van der Waals surface area contributed by atoms with Crippen LogP contribution in [0.3, 0.4) is 0 Å². The van der Waals surface area contributed by atoms with E-state index >= 15 is 0 Å². The first-order valence-corrected chi connectivity index (χ1v) is 5.93. The number of nitrogens with zero attached hydrogens (tertiary/aromatic N) is 3. The number of aromatic nitrogens is 3. The topological polar surface area (TPSA) is 64.8 Å². The van der Waals surface area contributed by atoms with Gasteiger partial charge < -0.3 is 10.5 Å². The SMILES string of the molecule is Cc1ccc2nc(Nc3ccccc3)n[n+]([O-])c2c1. The maximum Gasteiger partial charge on any atom is 0.295 e. The predicted octanol–water partition coefficient (Wildman–Crippen LogP) is 2.32. The Bertz CT molecular complexity index is 728. The average Bonchev–Trinajstić information content (AvgIpc) is 2.41. The zero-order chi connectivity index (χ0) is 13.2. The lowest BCUT2D eigenvalue weighted by molar-refractivity contribution is -0.641. The van der Waals surface area contributed by atoms with Gasteiger partial charge in [-0.3, -0.25) is 0 Å². The first-order chi connectivity index (χ1) is 9.22. The van der Waals surface area contributed by atoms with Gasteiger partial charge in [-0.2, -0.15) is 0 Å². The summed E-state index contributed by atoms with van der Waals surface area (Å²) in [5.41, 5.74) is 2.94. The Morgan fingerprint density at radius 3 is 2.68 bits per heavy atom. The highest BCUT2D eigenvalue weighted by atomic mass is 16.5. The molecule has 0 amide bonds. The summed E-state index contributed by atoms with van der Waals surface area (Å²) < 4.78 is 0. The highest BCUT2D eigenvalue weighted by molar-refractivity contribution is 5.73. The van der Waals surface area contributed by atoms with E-state index in [0.29, 0.717) is 15.9 Å². The highest BCUT2D eigenvalue weighted by Crippen LogP contribution is 2.14. The molecule has 0 radical (unpaired) electrons. The van der Waals surface area contributed by atoms with Gasteiger partial charge in [-0.15, -0.1) is 0 Å². The number of fused-ring (bicyclic) bond motifs is 1. The van der Waals surface area contributed by atoms with E-state index in [0.717, 1.165) is 11.3 Å². The molecule has 1 aromatic heterocycles. The molecule has 3 aromatic rings. The molecule has 0 aliphatic rings. The maximum atomic E-state index is 11.9. The van der Waals surface area contributed by atoms with Crippen molar-refractivity contribution >= 4 is 22.7 Å². The Labute approximate surface area is 110 Å². The third kappa shape index (κ3) is 2.30. The average molecular weight is 252 g/mol. The standard InChI is InChI=1S/C14H12N4O/c1-10-7-8-12-13(9-10)18(19)17-14(16-12)15-11-5-3-2-4-6-11/h2-9H,1H3,(H,15,16,17). The van der Waals surface area contributed by atoms with Crippen molar-refractivity contribution in [2.45, 2.75) is 6.92 Å². The minimum atomic E-state index is 0.289. The van der Waals surface area contributed by atoms with E-state index in [1.807, 2.05) is 49.4 Å². The lowest BCUT2D eigenvalue weighted by Crippen LogP contribution is -2.33. The fraction of sp³-hybridized carbons (Fsp3) is 0.0714. The second kappa shape index (κ2) is 4.53. The largest absolute Gasteiger partial charge is 0.594 e. The maximum absolute atomic E-state index is 11.9. The molecule has 0 unspecified atom stereocenters. The summed E-state index contributed by atoms with van der Waals surface area (Å²) in [6.07, 6.45) is 0. The summed E-state index contributed by atoms with van der Waals surface area (Å²) in [5, 5.41) is 18.8. The molecule has 1 N–H and O–H groups in total. The van der Waals surface area contributed by atoms with Crippen LogP contribution in [0.5, 0.6) is 0 Å². The number of nitrogens with one attached hydrogen (secondary N) is 1. The number of aryl methyl sites for hydroxylation is 1. The summed E-state index contributed by atoms with van der Waals surface area (Å²) in [6.45, 7) is 1.93. The van der Waals surface area contributed by atoms with Crippen molar-refractivity contribution in [1.29, 1.82) is 0 Å². The number of para-hydroxylation sites is 1. The van der Waals surface area contributed by atoms with E-state index < -0.39 is 0 Å². The molecule has 0 atom stereocenters. The van der Waals surface area contributed by atoms with Gasteiger partial charge in [0.05, 0.1) is 5.10 Å². The molecule has 3 rings (SSSR count). The van der Waals surface area contributed by atoms with Crippen LogP contribution in [0.4, 0.5) is 11.6 Å². The van der Waals surface area contributed by atoms with E-state index in [4.69, 9.17) is 0 Å². The van der Waals surface area contributed by atoms with Gasteiger partial charge in [0.25, 0.3) is 11.5 Å². The van der Waals surface area contributed by atoms with Crippen molar-refractivity contribution in [2.75, 3.05) is 5.32 Å².